The van der Waals surface area contributed by atoms with Crippen LogP contribution in [0.3, 0.4) is 0 Å². The highest BCUT2D eigenvalue weighted by Gasteiger charge is 2.07. The summed E-state index contributed by atoms with van der Waals surface area (Å²) in [6.45, 7) is 3.42. The molecule has 0 saturated heterocycles. The summed E-state index contributed by atoms with van der Waals surface area (Å²) >= 11 is 0. The lowest BCUT2D eigenvalue weighted by atomic mass is 10.2. The molecule has 25 heavy (non-hydrogen) atoms. The summed E-state index contributed by atoms with van der Waals surface area (Å²) in [5.41, 5.74) is 1.64. The normalized spacial score (nSPS) is 10.4. The lowest BCUT2D eigenvalue weighted by Crippen LogP contribution is -2.22. The zero-order valence-corrected chi connectivity index (χ0v) is 13.9. The van der Waals surface area contributed by atoms with Gasteiger partial charge in [-0.3, -0.25) is 4.79 Å². The van der Waals surface area contributed by atoms with Crippen molar-refractivity contribution in [2.24, 2.45) is 0 Å². The predicted octanol–water partition coefficient (Wildman–Crippen LogP) is 2.20. The number of benzene rings is 2. The molecule has 3 aromatic rings. The number of hydrogen-bond donors (Lipinski definition) is 1. The van der Waals surface area contributed by atoms with E-state index in [2.05, 4.69) is 20.8 Å². The largest absolute Gasteiger partial charge is 0.486 e. The molecular weight excluding hydrogens is 318 g/mol. The van der Waals surface area contributed by atoms with Crippen LogP contribution in [0.25, 0.3) is 0 Å². The van der Waals surface area contributed by atoms with E-state index in [0.29, 0.717) is 30.2 Å². The summed E-state index contributed by atoms with van der Waals surface area (Å²) in [6, 6.07) is 16.8. The molecule has 2 aromatic carbocycles. The molecule has 0 atom stereocenters. The van der Waals surface area contributed by atoms with Gasteiger partial charge in [0.1, 0.15) is 12.4 Å². The molecule has 0 spiro atoms. The van der Waals surface area contributed by atoms with Gasteiger partial charge in [-0.2, -0.15) is 0 Å². The molecule has 0 bridgehead atoms. The van der Waals surface area contributed by atoms with E-state index in [9.17, 15) is 4.79 Å². The Kier molecular flexibility index (Phi) is 5.36. The van der Waals surface area contributed by atoms with Crippen molar-refractivity contribution in [3.05, 3.63) is 71.5 Å². The van der Waals surface area contributed by atoms with Crippen molar-refractivity contribution >= 4 is 5.91 Å². The number of aryl methyl sites for hydroxylation is 1. The second kappa shape index (κ2) is 8.05. The fourth-order valence-electron chi connectivity index (χ4n) is 2.30. The van der Waals surface area contributed by atoms with Gasteiger partial charge in [-0.05, 0) is 47.2 Å². The van der Waals surface area contributed by atoms with Crippen LogP contribution in [0.4, 0.5) is 0 Å². The summed E-state index contributed by atoms with van der Waals surface area (Å²) in [7, 11) is 0. The Balaban J connectivity index is 1.53. The number of carbonyl (C=O) groups excluding carboxylic acids is 1. The number of rotatable bonds is 7. The molecule has 3 rings (SSSR count). The van der Waals surface area contributed by atoms with E-state index in [4.69, 9.17) is 4.74 Å². The molecule has 0 fully saturated rings. The third kappa shape index (κ3) is 4.41. The van der Waals surface area contributed by atoms with Crippen molar-refractivity contribution < 1.29 is 9.53 Å². The summed E-state index contributed by atoms with van der Waals surface area (Å²) < 4.78 is 7.33. The van der Waals surface area contributed by atoms with Crippen molar-refractivity contribution in [1.29, 1.82) is 0 Å². The molecule has 1 heterocycles. The van der Waals surface area contributed by atoms with Gasteiger partial charge in [0.15, 0.2) is 5.82 Å². The molecule has 0 radical (unpaired) electrons. The Labute approximate surface area is 145 Å². The summed E-state index contributed by atoms with van der Waals surface area (Å²) in [5, 5.41) is 14.3. The minimum absolute atomic E-state index is 0.120. The average molecular weight is 337 g/mol. The van der Waals surface area contributed by atoms with Crippen molar-refractivity contribution in [3.63, 3.8) is 0 Å². The van der Waals surface area contributed by atoms with E-state index in [1.54, 1.807) is 28.9 Å². The highest BCUT2D eigenvalue weighted by molar-refractivity contribution is 5.94. The first-order valence-corrected chi connectivity index (χ1v) is 8.06. The number of nitrogens with zero attached hydrogens (tertiary/aromatic N) is 4. The standard InChI is InChI=1S/C18H19N5O2/c1-2-23-17(20-21-22-23)13-25-16-10-8-15(9-11-16)18(24)19-12-14-6-4-3-5-7-14/h3-11H,2,12-13H2,1H3,(H,19,24). The molecule has 0 saturated carbocycles. The highest BCUT2D eigenvalue weighted by Crippen LogP contribution is 2.14. The van der Waals surface area contributed by atoms with E-state index >= 15 is 0 Å². The monoisotopic (exact) mass is 337 g/mol. The Morgan fingerprint density at radius 1 is 1.12 bits per heavy atom. The minimum Gasteiger partial charge on any atom is -0.486 e. The maximum absolute atomic E-state index is 12.2. The van der Waals surface area contributed by atoms with Crippen molar-refractivity contribution in [1.82, 2.24) is 25.5 Å². The van der Waals surface area contributed by atoms with Crippen LogP contribution >= 0.6 is 0 Å². The third-order valence-electron chi connectivity index (χ3n) is 3.69. The first kappa shape index (κ1) is 16.6. The van der Waals surface area contributed by atoms with Crippen molar-refractivity contribution in [2.75, 3.05) is 0 Å². The molecule has 1 N–H and O–H groups in total. The second-order valence-corrected chi connectivity index (χ2v) is 5.39. The van der Waals surface area contributed by atoms with Gasteiger partial charge >= 0.3 is 0 Å². The summed E-state index contributed by atoms with van der Waals surface area (Å²) in [5.74, 6) is 1.20. The molecule has 1 aromatic heterocycles. The van der Waals surface area contributed by atoms with E-state index in [1.807, 2.05) is 37.3 Å². The molecule has 7 nitrogen and oxygen atoms in total. The number of ether oxygens (including phenoxy) is 1. The molecule has 7 heteroatoms. The maximum Gasteiger partial charge on any atom is 0.251 e. The highest BCUT2D eigenvalue weighted by atomic mass is 16.5. The number of carbonyl (C=O) groups is 1. The third-order valence-corrected chi connectivity index (χ3v) is 3.69. The lowest BCUT2D eigenvalue weighted by molar-refractivity contribution is 0.0951. The van der Waals surface area contributed by atoms with Crippen LogP contribution in [0.15, 0.2) is 54.6 Å². The Hall–Kier alpha value is -3.22. The van der Waals surface area contributed by atoms with Gasteiger partial charge < -0.3 is 10.1 Å². The lowest BCUT2D eigenvalue weighted by Gasteiger charge is -2.08. The smallest absolute Gasteiger partial charge is 0.251 e. The second-order valence-electron chi connectivity index (χ2n) is 5.39. The van der Waals surface area contributed by atoms with E-state index < -0.39 is 0 Å². The van der Waals surface area contributed by atoms with Gasteiger partial charge in [-0.1, -0.05) is 30.3 Å². The van der Waals surface area contributed by atoms with Gasteiger partial charge in [0.05, 0.1) is 0 Å². The number of aromatic nitrogens is 4. The Bertz CT molecular complexity index is 815. The minimum atomic E-state index is -0.120. The Morgan fingerprint density at radius 2 is 1.88 bits per heavy atom. The molecule has 0 aliphatic heterocycles. The van der Waals surface area contributed by atoms with Crippen molar-refractivity contribution in [2.45, 2.75) is 26.6 Å². The summed E-state index contributed by atoms with van der Waals surface area (Å²) in [6.07, 6.45) is 0. The fraction of sp³-hybridized carbons (Fsp3) is 0.222. The van der Waals surface area contributed by atoms with Crippen LogP contribution in [-0.4, -0.2) is 26.1 Å². The molecule has 128 valence electrons. The average Bonchev–Trinajstić information content (AvgIpc) is 3.13. The number of tetrazole rings is 1. The van der Waals surface area contributed by atoms with Gasteiger partial charge in [0.2, 0.25) is 0 Å². The van der Waals surface area contributed by atoms with E-state index in [1.165, 1.54) is 0 Å². The van der Waals surface area contributed by atoms with Crippen LogP contribution < -0.4 is 10.1 Å². The number of hydrogen-bond acceptors (Lipinski definition) is 5. The van der Waals surface area contributed by atoms with Gasteiger partial charge in [-0.15, -0.1) is 5.10 Å². The van der Waals surface area contributed by atoms with Crippen LogP contribution in [0.1, 0.15) is 28.7 Å². The van der Waals surface area contributed by atoms with E-state index in [0.717, 1.165) is 5.56 Å². The van der Waals surface area contributed by atoms with Gasteiger partial charge in [0.25, 0.3) is 5.91 Å². The van der Waals surface area contributed by atoms with Crippen LogP contribution in [0.2, 0.25) is 0 Å². The zero-order valence-electron chi connectivity index (χ0n) is 13.9. The fourth-order valence-corrected chi connectivity index (χ4v) is 2.30. The van der Waals surface area contributed by atoms with Gasteiger partial charge in [0, 0.05) is 18.7 Å². The van der Waals surface area contributed by atoms with Crippen LogP contribution in [0, 0.1) is 0 Å². The number of nitrogens with one attached hydrogen (secondary N) is 1. The first-order chi connectivity index (χ1) is 12.3. The molecule has 0 unspecified atom stereocenters. The topological polar surface area (TPSA) is 81.9 Å². The Morgan fingerprint density at radius 3 is 2.60 bits per heavy atom. The predicted molar refractivity (Wildman–Crippen MR) is 91.9 cm³/mol. The summed E-state index contributed by atoms with van der Waals surface area (Å²) in [4.78, 5) is 12.2. The van der Waals surface area contributed by atoms with Gasteiger partial charge in [-0.25, -0.2) is 4.68 Å². The van der Waals surface area contributed by atoms with E-state index in [-0.39, 0.29) is 12.5 Å². The molecule has 0 aliphatic rings. The van der Waals surface area contributed by atoms with Crippen LogP contribution in [-0.2, 0) is 19.7 Å². The zero-order chi connectivity index (χ0) is 17.5. The van der Waals surface area contributed by atoms with Crippen molar-refractivity contribution in [3.8, 4) is 5.75 Å². The van der Waals surface area contributed by atoms with Crippen LogP contribution in [0.5, 0.6) is 5.75 Å². The maximum atomic E-state index is 12.2. The quantitative estimate of drug-likeness (QED) is 0.715. The molecular formula is C18H19N5O2. The first-order valence-electron chi connectivity index (χ1n) is 8.06. The molecule has 1 amide bonds. The SMILES string of the molecule is CCn1nnnc1COc1ccc(C(=O)NCc2ccccc2)cc1. The number of amides is 1. The molecule has 0 aliphatic carbocycles.